The third kappa shape index (κ3) is 5.41. The Morgan fingerprint density at radius 1 is 0.789 bits per heavy atom. The second-order valence-electron chi connectivity index (χ2n) is 8.63. The maximum atomic E-state index is 13.0. The molecule has 1 atom stereocenters. The Morgan fingerprint density at radius 2 is 1.37 bits per heavy atom. The maximum Gasteiger partial charge on any atom is 0.338 e. The number of para-hydroxylation sites is 1. The van der Waals surface area contributed by atoms with Crippen LogP contribution in [0.15, 0.2) is 103 Å². The first-order valence-electron chi connectivity index (χ1n) is 12.2. The van der Waals surface area contributed by atoms with Gasteiger partial charge in [0.05, 0.1) is 38.7 Å². The molecular weight excluding hydrogens is 498 g/mol. The fourth-order valence-electron chi connectivity index (χ4n) is 4.07. The lowest BCUT2D eigenvalue weighted by Gasteiger charge is -2.17. The molecule has 1 amide bonds. The molecule has 5 aromatic rings. The summed E-state index contributed by atoms with van der Waals surface area (Å²) < 4.78 is 5.57. The van der Waals surface area contributed by atoms with Gasteiger partial charge in [0.2, 0.25) is 0 Å². The highest BCUT2D eigenvalue weighted by Gasteiger charge is 2.23. The minimum absolute atomic E-state index is 0.280. The van der Waals surface area contributed by atoms with Gasteiger partial charge in [-0.2, -0.15) is 0 Å². The van der Waals surface area contributed by atoms with Crippen LogP contribution >= 0.6 is 11.6 Å². The number of carbonyl (C=O) groups is 2. The van der Waals surface area contributed by atoms with Crippen LogP contribution in [0.5, 0.6) is 0 Å². The third-order valence-electron chi connectivity index (χ3n) is 6.04. The number of esters is 1. The first kappa shape index (κ1) is 25.1. The highest BCUT2D eigenvalue weighted by atomic mass is 35.5. The normalized spacial score (nSPS) is 11.6. The average molecular weight is 522 g/mol. The van der Waals surface area contributed by atoms with E-state index in [0.717, 1.165) is 16.8 Å². The predicted molar refractivity (Wildman–Crippen MR) is 150 cm³/mol. The molecule has 0 saturated heterocycles. The number of benzene rings is 4. The van der Waals surface area contributed by atoms with Crippen LogP contribution in [0.4, 0.5) is 5.69 Å². The van der Waals surface area contributed by atoms with Gasteiger partial charge in [0.25, 0.3) is 5.91 Å². The van der Waals surface area contributed by atoms with Crippen molar-refractivity contribution < 1.29 is 14.3 Å². The second-order valence-corrected chi connectivity index (χ2v) is 9.03. The van der Waals surface area contributed by atoms with Crippen molar-refractivity contribution in [3.05, 3.63) is 114 Å². The minimum Gasteiger partial charge on any atom is -0.449 e. The summed E-state index contributed by atoms with van der Waals surface area (Å²) in [6.45, 7) is 1.77. The van der Waals surface area contributed by atoms with Crippen molar-refractivity contribution in [3.63, 3.8) is 0 Å². The number of ether oxygens (including phenoxy) is 1. The first-order chi connectivity index (χ1) is 18.5. The van der Waals surface area contributed by atoms with Crippen LogP contribution in [-0.2, 0) is 9.53 Å². The van der Waals surface area contributed by atoms with Gasteiger partial charge in [0.15, 0.2) is 6.10 Å². The molecule has 38 heavy (non-hydrogen) atoms. The Bertz CT molecular complexity index is 1610. The molecule has 1 unspecified atom stereocenters. The monoisotopic (exact) mass is 521 g/mol. The quantitative estimate of drug-likeness (QED) is 0.229. The Balaban J connectivity index is 1.45. The van der Waals surface area contributed by atoms with Gasteiger partial charge < -0.3 is 10.1 Å². The summed E-state index contributed by atoms with van der Waals surface area (Å²) in [5.74, 6) is -1.07. The van der Waals surface area contributed by atoms with E-state index in [2.05, 4.69) is 5.32 Å². The van der Waals surface area contributed by atoms with E-state index in [4.69, 9.17) is 26.3 Å². The van der Waals surface area contributed by atoms with Gasteiger partial charge in [-0.1, -0.05) is 91.3 Å². The fourth-order valence-corrected chi connectivity index (χ4v) is 4.25. The minimum atomic E-state index is -0.985. The van der Waals surface area contributed by atoms with E-state index < -0.39 is 18.0 Å². The van der Waals surface area contributed by atoms with Crippen LogP contribution in [0, 0.1) is 0 Å². The predicted octanol–water partition coefficient (Wildman–Crippen LogP) is 7.19. The van der Waals surface area contributed by atoms with E-state index in [-0.39, 0.29) is 5.56 Å². The van der Waals surface area contributed by atoms with Gasteiger partial charge in [-0.3, -0.25) is 4.79 Å². The fraction of sp³-hybridized carbons (Fsp3) is 0.0968. The van der Waals surface area contributed by atoms with E-state index >= 15 is 0 Å². The molecule has 1 N–H and O–H groups in total. The topological polar surface area (TPSA) is 81.2 Å². The van der Waals surface area contributed by atoms with Crippen molar-refractivity contribution in [2.24, 2.45) is 0 Å². The number of fused-ring (bicyclic) bond motifs is 1. The summed E-state index contributed by atoms with van der Waals surface area (Å²) in [6.07, 6.45) is -0.686. The van der Waals surface area contributed by atoms with Gasteiger partial charge in [0.1, 0.15) is 0 Å². The van der Waals surface area contributed by atoms with E-state index in [1.165, 1.54) is 0 Å². The molecular formula is C31H24ClN3O3. The number of nitrogens with one attached hydrogen (secondary N) is 1. The molecule has 0 spiro atoms. The molecule has 1 aromatic heterocycles. The Hall–Kier alpha value is -4.55. The second kappa shape index (κ2) is 11.2. The van der Waals surface area contributed by atoms with Gasteiger partial charge in [-0.15, -0.1) is 0 Å². The van der Waals surface area contributed by atoms with Crippen LogP contribution < -0.4 is 5.32 Å². The van der Waals surface area contributed by atoms with Gasteiger partial charge in [0, 0.05) is 11.1 Å². The molecule has 0 bridgehead atoms. The molecule has 4 aromatic carbocycles. The molecule has 5 rings (SSSR count). The number of hydrogen-bond donors (Lipinski definition) is 1. The maximum absolute atomic E-state index is 13.0. The van der Waals surface area contributed by atoms with E-state index in [1.807, 2.05) is 60.7 Å². The van der Waals surface area contributed by atoms with Gasteiger partial charge >= 0.3 is 5.97 Å². The van der Waals surface area contributed by atoms with E-state index in [9.17, 15) is 9.59 Å². The highest BCUT2D eigenvalue weighted by Crippen LogP contribution is 2.31. The number of hydrogen-bond acceptors (Lipinski definition) is 5. The van der Waals surface area contributed by atoms with E-state index in [0.29, 0.717) is 33.9 Å². The molecule has 188 valence electrons. The number of carbonyl (C=O) groups excluding carboxylic acids is 2. The number of nitrogens with zero attached hydrogens (tertiary/aromatic N) is 2. The number of aromatic nitrogens is 2. The smallest absolute Gasteiger partial charge is 0.338 e. The van der Waals surface area contributed by atoms with Crippen molar-refractivity contribution >= 4 is 40.2 Å². The molecule has 0 aliphatic heterocycles. The Labute approximate surface area is 225 Å². The van der Waals surface area contributed by atoms with Gasteiger partial charge in [-0.25, -0.2) is 14.8 Å². The van der Waals surface area contributed by atoms with Crippen LogP contribution in [-0.4, -0.2) is 27.9 Å². The molecule has 0 saturated carbocycles. The zero-order valence-electron chi connectivity index (χ0n) is 20.6. The zero-order chi connectivity index (χ0) is 26.5. The standard InChI is InChI=1S/C31H24ClN3O3/c1-2-27(30(36)35-24-16-10-9-15-23(24)32)38-31(37)22-17-18-25-26(19-22)34-29(21-13-7-4-8-14-21)28(33-25)20-11-5-3-6-12-20/h3-19,27H,2H2,1H3,(H,35,36). The summed E-state index contributed by atoms with van der Waals surface area (Å²) in [4.78, 5) is 35.6. The van der Waals surface area contributed by atoms with Crippen molar-refractivity contribution in [1.82, 2.24) is 9.97 Å². The molecule has 6 nitrogen and oxygen atoms in total. The van der Waals surface area contributed by atoms with Crippen LogP contribution in [0.3, 0.4) is 0 Å². The molecule has 0 aliphatic rings. The van der Waals surface area contributed by atoms with Crippen molar-refractivity contribution in [1.29, 1.82) is 0 Å². The average Bonchev–Trinajstić information content (AvgIpc) is 2.96. The lowest BCUT2D eigenvalue weighted by Crippen LogP contribution is -2.32. The molecule has 0 radical (unpaired) electrons. The zero-order valence-corrected chi connectivity index (χ0v) is 21.4. The number of amides is 1. The summed E-state index contributed by atoms with van der Waals surface area (Å²) in [7, 11) is 0. The first-order valence-corrected chi connectivity index (χ1v) is 12.6. The highest BCUT2D eigenvalue weighted by molar-refractivity contribution is 6.33. The van der Waals surface area contributed by atoms with Crippen molar-refractivity contribution in [2.75, 3.05) is 5.32 Å². The number of halogens is 1. The Morgan fingerprint density at radius 3 is 1.97 bits per heavy atom. The van der Waals surface area contributed by atoms with E-state index in [1.54, 1.807) is 49.4 Å². The third-order valence-corrected chi connectivity index (χ3v) is 6.37. The number of anilines is 1. The van der Waals surface area contributed by atoms with Crippen LogP contribution in [0.1, 0.15) is 23.7 Å². The lowest BCUT2D eigenvalue weighted by atomic mass is 10.0. The Kier molecular flexibility index (Phi) is 7.43. The molecule has 0 fully saturated rings. The summed E-state index contributed by atoms with van der Waals surface area (Å²) in [5.41, 5.74) is 5.24. The lowest BCUT2D eigenvalue weighted by molar-refractivity contribution is -0.124. The molecule has 0 aliphatic carbocycles. The molecule has 1 heterocycles. The van der Waals surface area contributed by atoms with Crippen molar-refractivity contribution in [3.8, 4) is 22.5 Å². The van der Waals surface area contributed by atoms with Gasteiger partial charge in [-0.05, 0) is 36.8 Å². The summed E-state index contributed by atoms with van der Waals surface area (Å²) >= 11 is 6.15. The summed E-state index contributed by atoms with van der Waals surface area (Å²) in [6, 6.07) is 31.6. The number of rotatable bonds is 7. The largest absolute Gasteiger partial charge is 0.449 e. The summed E-state index contributed by atoms with van der Waals surface area (Å²) in [5, 5.41) is 3.13. The SMILES string of the molecule is CCC(OC(=O)c1ccc2nc(-c3ccccc3)c(-c3ccccc3)nc2c1)C(=O)Nc1ccccc1Cl. The van der Waals surface area contributed by atoms with Crippen LogP contribution in [0.2, 0.25) is 5.02 Å². The molecule has 7 heteroatoms. The van der Waals surface area contributed by atoms with Crippen molar-refractivity contribution in [2.45, 2.75) is 19.4 Å². The van der Waals surface area contributed by atoms with Crippen LogP contribution in [0.25, 0.3) is 33.5 Å².